The average Bonchev–Trinajstić information content (AvgIpc) is 2.44. The molecule has 0 saturated heterocycles. The lowest BCUT2D eigenvalue weighted by Gasteiger charge is -2.16. The summed E-state index contributed by atoms with van der Waals surface area (Å²) >= 11 is 1.79. The summed E-state index contributed by atoms with van der Waals surface area (Å²) in [7, 11) is 0. The van der Waals surface area contributed by atoms with Gasteiger partial charge in [0.2, 0.25) is 0 Å². The summed E-state index contributed by atoms with van der Waals surface area (Å²) in [6.07, 6.45) is -5.27. The van der Waals surface area contributed by atoms with Crippen LogP contribution < -0.4 is 5.32 Å². The third-order valence-electron chi connectivity index (χ3n) is 2.43. The number of esters is 1. The zero-order valence-electron chi connectivity index (χ0n) is 10.8. The standard InChI is InChI=1S/C13H13F3INO3/c14-13(15,16)12(20)18-10(7-17)6-11(19)21-8-9-4-2-1-3-5-9/h1-5,10H,6-8H2,(H,18,20)/t10-/m0/s1. The van der Waals surface area contributed by atoms with Gasteiger partial charge in [-0.3, -0.25) is 9.59 Å². The van der Waals surface area contributed by atoms with Gasteiger partial charge in [-0.2, -0.15) is 13.2 Å². The number of nitrogens with one attached hydrogen (secondary N) is 1. The Hall–Kier alpha value is -1.32. The van der Waals surface area contributed by atoms with Crippen molar-refractivity contribution in [2.75, 3.05) is 4.43 Å². The van der Waals surface area contributed by atoms with Gasteiger partial charge in [0.05, 0.1) is 6.42 Å². The highest BCUT2D eigenvalue weighted by Crippen LogP contribution is 2.15. The van der Waals surface area contributed by atoms with Gasteiger partial charge in [-0.1, -0.05) is 52.9 Å². The Kier molecular flexibility index (Phi) is 6.93. The largest absolute Gasteiger partial charge is 0.471 e. The number of halogens is 4. The van der Waals surface area contributed by atoms with E-state index >= 15 is 0 Å². The molecule has 21 heavy (non-hydrogen) atoms. The molecule has 0 aliphatic rings. The third kappa shape index (κ3) is 6.78. The summed E-state index contributed by atoms with van der Waals surface area (Å²) in [4.78, 5) is 22.4. The first-order chi connectivity index (χ1) is 9.82. The Morgan fingerprint density at radius 3 is 2.38 bits per heavy atom. The van der Waals surface area contributed by atoms with Crippen molar-refractivity contribution in [3.8, 4) is 0 Å². The minimum absolute atomic E-state index is 0.0425. The molecule has 116 valence electrons. The van der Waals surface area contributed by atoms with E-state index in [9.17, 15) is 22.8 Å². The molecule has 1 amide bonds. The molecule has 4 nitrogen and oxygen atoms in total. The third-order valence-corrected chi connectivity index (χ3v) is 3.50. The van der Waals surface area contributed by atoms with Crippen LogP contribution in [0.2, 0.25) is 0 Å². The van der Waals surface area contributed by atoms with Crippen molar-refractivity contribution in [2.45, 2.75) is 25.2 Å². The SMILES string of the molecule is O=C(C[C@@H](CI)NC(=O)C(F)(F)F)OCc1ccccc1. The first-order valence-corrected chi connectivity index (χ1v) is 7.48. The van der Waals surface area contributed by atoms with Gasteiger partial charge in [-0.05, 0) is 5.56 Å². The molecule has 1 aromatic carbocycles. The number of hydrogen-bond donors (Lipinski definition) is 1. The molecule has 0 fully saturated rings. The molecule has 1 aromatic rings. The van der Waals surface area contributed by atoms with Crippen LogP contribution in [0.25, 0.3) is 0 Å². The van der Waals surface area contributed by atoms with Crippen molar-refractivity contribution < 1.29 is 27.5 Å². The van der Waals surface area contributed by atoms with Gasteiger partial charge in [0, 0.05) is 10.5 Å². The van der Waals surface area contributed by atoms with Crippen LogP contribution in [0.1, 0.15) is 12.0 Å². The van der Waals surface area contributed by atoms with Gasteiger partial charge in [-0.25, -0.2) is 0 Å². The van der Waals surface area contributed by atoms with E-state index in [0.29, 0.717) is 0 Å². The van der Waals surface area contributed by atoms with Crippen molar-refractivity contribution in [1.82, 2.24) is 5.32 Å². The summed E-state index contributed by atoms with van der Waals surface area (Å²) < 4.78 is 41.5. The number of carbonyl (C=O) groups excluding carboxylic acids is 2. The Morgan fingerprint density at radius 1 is 1.24 bits per heavy atom. The fraction of sp³-hybridized carbons (Fsp3) is 0.385. The van der Waals surface area contributed by atoms with Crippen LogP contribution in [0.4, 0.5) is 13.2 Å². The predicted molar refractivity (Wildman–Crippen MR) is 77.7 cm³/mol. The molecule has 0 spiro atoms. The highest BCUT2D eigenvalue weighted by molar-refractivity contribution is 14.1. The normalized spacial score (nSPS) is 12.6. The number of carbonyl (C=O) groups is 2. The first kappa shape index (κ1) is 17.7. The van der Waals surface area contributed by atoms with Crippen LogP contribution in [0.5, 0.6) is 0 Å². The fourth-order valence-electron chi connectivity index (χ4n) is 1.41. The zero-order valence-corrected chi connectivity index (χ0v) is 13.0. The second-order valence-electron chi connectivity index (χ2n) is 4.17. The Balaban J connectivity index is 2.42. The van der Waals surface area contributed by atoms with E-state index in [1.165, 1.54) is 0 Å². The summed E-state index contributed by atoms with van der Waals surface area (Å²) in [5.74, 6) is -2.72. The molecule has 0 aliphatic carbocycles. The monoisotopic (exact) mass is 415 g/mol. The summed E-state index contributed by atoms with van der Waals surface area (Å²) in [6.45, 7) is 0.0425. The molecule has 0 heterocycles. The summed E-state index contributed by atoms with van der Waals surface area (Å²) in [6, 6.07) is 7.97. The molecular formula is C13H13F3INO3. The van der Waals surface area contributed by atoms with E-state index in [4.69, 9.17) is 4.74 Å². The number of benzene rings is 1. The van der Waals surface area contributed by atoms with Crippen LogP contribution in [-0.4, -0.2) is 28.5 Å². The summed E-state index contributed by atoms with van der Waals surface area (Å²) in [5.41, 5.74) is 0.774. The van der Waals surface area contributed by atoms with Gasteiger partial charge >= 0.3 is 18.1 Å². The number of amides is 1. The van der Waals surface area contributed by atoms with Crippen LogP contribution in [0.3, 0.4) is 0 Å². The minimum atomic E-state index is -4.96. The Bertz CT molecular complexity index is 479. The Morgan fingerprint density at radius 2 is 1.86 bits per heavy atom. The molecule has 0 unspecified atom stereocenters. The molecule has 0 saturated carbocycles. The van der Waals surface area contributed by atoms with E-state index in [2.05, 4.69) is 0 Å². The number of alkyl halides is 4. The van der Waals surface area contributed by atoms with Gasteiger partial charge in [-0.15, -0.1) is 0 Å². The van der Waals surface area contributed by atoms with Gasteiger partial charge in [0.25, 0.3) is 0 Å². The molecule has 1 N–H and O–H groups in total. The lowest BCUT2D eigenvalue weighted by Crippen LogP contribution is -2.44. The van der Waals surface area contributed by atoms with Crippen molar-refractivity contribution in [1.29, 1.82) is 0 Å². The van der Waals surface area contributed by atoms with Crippen molar-refractivity contribution in [3.05, 3.63) is 35.9 Å². The van der Waals surface area contributed by atoms with E-state index in [1.807, 2.05) is 6.07 Å². The maximum atomic E-state index is 12.1. The molecule has 1 atom stereocenters. The summed E-state index contributed by atoms with van der Waals surface area (Å²) in [5, 5.41) is 1.76. The molecule has 0 aromatic heterocycles. The predicted octanol–water partition coefficient (Wildman–Crippen LogP) is 2.60. The first-order valence-electron chi connectivity index (χ1n) is 5.96. The number of rotatable bonds is 6. The topological polar surface area (TPSA) is 55.4 Å². The second kappa shape index (κ2) is 8.20. The highest BCUT2D eigenvalue weighted by atomic mass is 127. The Labute approximate surface area is 133 Å². The fourth-order valence-corrected chi connectivity index (χ4v) is 1.94. The maximum Gasteiger partial charge on any atom is 0.471 e. The van der Waals surface area contributed by atoms with E-state index in [0.717, 1.165) is 5.56 Å². The average molecular weight is 415 g/mol. The lowest BCUT2D eigenvalue weighted by molar-refractivity contribution is -0.174. The van der Waals surface area contributed by atoms with Crippen molar-refractivity contribution in [2.24, 2.45) is 0 Å². The van der Waals surface area contributed by atoms with Gasteiger partial charge in [0.15, 0.2) is 0 Å². The number of ether oxygens (including phenoxy) is 1. The smallest absolute Gasteiger partial charge is 0.461 e. The molecule has 0 aliphatic heterocycles. The molecule has 1 rings (SSSR count). The second-order valence-corrected chi connectivity index (χ2v) is 5.05. The lowest BCUT2D eigenvalue weighted by atomic mass is 10.2. The maximum absolute atomic E-state index is 12.1. The van der Waals surface area contributed by atoms with E-state index in [1.54, 1.807) is 52.2 Å². The van der Waals surface area contributed by atoms with Crippen molar-refractivity contribution >= 4 is 34.5 Å². The number of hydrogen-bond acceptors (Lipinski definition) is 3. The zero-order chi connectivity index (χ0) is 15.9. The molecular weight excluding hydrogens is 402 g/mol. The van der Waals surface area contributed by atoms with E-state index in [-0.39, 0.29) is 17.5 Å². The van der Waals surface area contributed by atoms with Crippen LogP contribution in [0.15, 0.2) is 30.3 Å². The van der Waals surface area contributed by atoms with Crippen LogP contribution >= 0.6 is 22.6 Å². The molecule has 8 heteroatoms. The molecule has 0 bridgehead atoms. The highest BCUT2D eigenvalue weighted by Gasteiger charge is 2.39. The van der Waals surface area contributed by atoms with Gasteiger partial charge < -0.3 is 10.1 Å². The minimum Gasteiger partial charge on any atom is -0.461 e. The van der Waals surface area contributed by atoms with Gasteiger partial charge in [0.1, 0.15) is 6.61 Å². The van der Waals surface area contributed by atoms with Crippen LogP contribution in [0, 0.1) is 0 Å². The van der Waals surface area contributed by atoms with E-state index < -0.39 is 24.1 Å². The van der Waals surface area contributed by atoms with Crippen LogP contribution in [-0.2, 0) is 20.9 Å². The molecule has 0 radical (unpaired) electrons. The van der Waals surface area contributed by atoms with Crippen molar-refractivity contribution in [3.63, 3.8) is 0 Å². The quantitative estimate of drug-likeness (QED) is 0.442.